The molecule has 0 spiro atoms. The molecule has 1 aromatic rings. The van der Waals surface area contributed by atoms with E-state index in [9.17, 15) is 19.5 Å². The van der Waals surface area contributed by atoms with E-state index >= 15 is 0 Å². The molecular weight excluding hydrogens is 214 g/mol. The maximum absolute atomic E-state index is 11.8. The molecule has 1 fully saturated rings. The summed E-state index contributed by atoms with van der Waals surface area (Å²) in [5.41, 5.74) is -1.38. The summed E-state index contributed by atoms with van der Waals surface area (Å²) in [6, 6.07) is 1.04. The number of carbonyl (C=O) groups is 1. The Kier molecular flexibility index (Phi) is 2.61. The van der Waals surface area contributed by atoms with Gasteiger partial charge in [0.2, 0.25) is 0 Å². The van der Waals surface area contributed by atoms with Crippen LogP contribution in [0.4, 0.5) is 0 Å². The zero-order chi connectivity index (χ0) is 11.7. The van der Waals surface area contributed by atoms with Crippen LogP contribution in [0.2, 0.25) is 0 Å². The van der Waals surface area contributed by atoms with Gasteiger partial charge in [0.25, 0.3) is 11.5 Å². The van der Waals surface area contributed by atoms with Gasteiger partial charge in [-0.05, 0) is 6.42 Å². The lowest BCUT2D eigenvalue weighted by Gasteiger charge is -2.14. The van der Waals surface area contributed by atoms with Gasteiger partial charge in [-0.3, -0.25) is 14.6 Å². The van der Waals surface area contributed by atoms with Crippen molar-refractivity contribution in [3.8, 4) is 0 Å². The fourth-order valence-corrected chi connectivity index (χ4v) is 1.68. The van der Waals surface area contributed by atoms with E-state index in [4.69, 9.17) is 0 Å². The summed E-state index contributed by atoms with van der Waals surface area (Å²) in [6.45, 7) is 0.655. The summed E-state index contributed by atoms with van der Waals surface area (Å²) in [5, 5.41) is 9.27. The highest BCUT2D eigenvalue weighted by Gasteiger charge is 2.26. The minimum Gasteiger partial charge on any atom is -0.391 e. The SMILES string of the molecule is O=C(c1cc(=O)[nH]c(=O)[nH]1)N1CC[C@H](O)C1. The van der Waals surface area contributed by atoms with E-state index in [0.29, 0.717) is 13.0 Å². The first-order valence-electron chi connectivity index (χ1n) is 4.87. The molecule has 0 radical (unpaired) electrons. The summed E-state index contributed by atoms with van der Waals surface area (Å²) >= 11 is 0. The van der Waals surface area contributed by atoms with Crippen molar-refractivity contribution in [1.82, 2.24) is 14.9 Å². The second-order valence-corrected chi connectivity index (χ2v) is 3.70. The highest BCUT2D eigenvalue weighted by molar-refractivity contribution is 5.92. The van der Waals surface area contributed by atoms with Crippen molar-refractivity contribution in [3.63, 3.8) is 0 Å². The number of amides is 1. The summed E-state index contributed by atoms with van der Waals surface area (Å²) in [7, 11) is 0. The third-order valence-electron chi connectivity index (χ3n) is 2.44. The number of likely N-dealkylation sites (tertiary alicyclic amines) is 1. The van der Waals surface area contributed by atoms with E-state index in [1.807, 2.05) is 4.98 Å². The molecule has 1 atom stereocenters. The van der Waals surface area contributed by atoms with Gasteiger partial charge >= 0.3 is 5.69 Å². The number of aliphatic hydroxyl groups is 1. The Labute approximate surface area is 89.7 Å². The summed E-state index contributed by atoms with van der Waals surface area (Å²) < 4.78 is 0. The Hall–Kier alpha value is -1.89. The van der Waals surface area contributed by atoms with E-state index in [1.54, 1.807) is 0 Å². The zero-order valence-corrected chi connectivity index (χ0v) is 8.40. The van der Waals surface area contributed by atoms with Gasteiger partial charge in [0.1, 0.15) is 5.69 Å². The van der Waals surface area contributed by atoms with Crippen LogP contribution in [0, 0.1) is 0 Å². The number of carbonyl (C=O) groups excluding carboxylic acids is 1. The van der Waals surface area contributed by atoms with Crippen molar-refractivity contribution in [2.45, 2.75) is 12.5 Å². The van der Waals surface area contributed by atoms with Crippen LogP contribution in [0.15, 0.2) is 15.7 Å². The monoisotopic (exact) mass is 225 g/mol. The van der Waals surface area contributed by atoms with E-state index in [-0.39, 0.29) is 12.2 Å². The first kappa shape index (κ1) is 10.6. The Morgan fingerprint density at radius 1 is 1.44 bits per heavy atom. The molecule has 7 nitrogen and oxygen atoms in total. The average molecular weight is 225 g/mol. The van der Waals surface area contributed by atoms with Crippen molar-refractivity contribution in [1.29, 1.82) is 0 Å². The minimum absolute atomic E-state index is 0.0529. The number of H-pyrrole nitrogens is 2. The van der Waals surface area contributed by atoms with Gasteiger partial charge in [-0.15, -0.1) is 0 Å². The topological polar surface area (TPSA) is 106 Å². The zero-order valence-electron chi connectivity index (χ0n) is 8.40. The Balaban J connectivity index is 2.27. The van der Waals surface area contributed by atoms with E-state index in [2.05, 4.69) is 4.98 Å². The van der Waals surface area contributed by atoms with Gasteiger partial charge in [-0.1, -0.05) is 0 Å². The quantitative estimate of drug-likeness (QED) is 0.528. The number of rotatable bonds is 1. The molecule has 1 aromatic heterocycles. The van der Waals surface area contributed by atoms with Crippen molar-refractivity contribution in [2.24, 2.45) is 0 Å². The normalized spacial score (nSPS) is 20.1. The van der Waals surface area contributed by atoms with Gasteiger partial charge in [0, 0.05) is 19.2 Å². The number of aromatic nitrogens is 2. The molecule has 16 heavy (non-hydrogen) atoms. The summed E-state index contributed by atoms with van der Waals surface area (Å²) in [4.78, 5) is 39.4. The van der Waals surface area contributed by atoms with Gasteiger partial charge in [-0.2, -0.15) is 0 Å². The number of hydrogen-bond donors (Lipinski definition) is 3. The molecule has 1 aliphatic heterocycles. The molecule has 0 aliphatic carbocycles. The van der Waals surface area contributed by atoms with E-state index in [0.717, 1.165) is 6.07 Å². The number of nitrogens with zero attached hydrogens (tertiary/aromatic N) is 1. The molecule has 2 rings (SSSR count). The van der Waals surface area contributed by atoms with Gasteiger partial charge < -0.3 is 15.0 Å². The molecule has 0 bridgehead atoms. The molecule has 1 aliphatic rings. The minimum atomic E-state index is -0.712. The van der Waals surface area contributed by atoms with E-state index in [1.165, 1.54) is 4.90 Å². The molecule has 3 N–H and O–H groups in total. The highest BCUT2D eigenvalue weighted by Crippen LogP contribution is 2.10. The maximum atomic E-state index is 11.8. The van der Waals surface area contributed by atoms with Crippen molar-refractivity contribution >= 4 is 5.91 Å². The predicted molar refractivity (Wildman–Crippen MR) is 54.2 cm³/mol. The fraction of sp³-hybridized carbons (Fsp3) is 0.444. The molecule has 0 saturated carbocycles. The van der Waals surface area contributed by atoms with Crippen LogP contribution in [0.3, 0.4) is 0 Å². The Bertz CT molecular complexity index is 490. The molecule has 1 saturated heterocycles. The van der Waals surface area contributed by atoms with Crippen molar-refractivity contribution in [3.05, 3.63) is 32.6 Å². The molecule has 86 valence electrons. The Morgan fingerprint density at radius 2 is 2.19 bits per heavy atom. The Morgan fingerprint density at radius 3 is 2.75 bits per heavy atom. The largest absolute Gasteiger partial charge is 0.391 e. The molecule has 2 heterocycles. The third kappa shape index (κ3) is 2.03. The summed E-state index contributed by atoms with van der Waals surface area (Å²) in [5.74, 6) is -0.445. The van der Waals surface area contributed by atoms with Crippen LogP contribution >= 0.6 is 0 Å². The van der Waals surface area contributed by atoms with Crippen LogP contribution in [-0.4, -0.2) is 45.1 Å². The lowest BCUT2D eigenvalue weighted by molar-refractivity contribution is 0.0758. The lowest BCUT2D eigenvalue weighted by Crippen LogP contribution is -2.34. The molecule has 0 aromatic carbocycles. The second-order valence-electron chi connectivity index (χ2n) is 3.70. The van der Waals surface area contributed by atoms with Gasteiger partial charge in [-0.25, -0.2) is 4.79 Å². The second kappa shape index (κ2) is 3.93. The van der Waals surface area contributed by atoms with Crippen molar-refractivity contribution < 1.29 is 9.90 Å². The predicted octanol–water partition coefficient (Wildman–Crippen LogP) is -1.73. The van der Waals surface area contributed by atoms with E-state index < -0.39 is 23.3 Å². The average Bonchev–Trinajstić information content (AvgIpc) is 2.62. The number of aromatic amines is 2. The van der Waals surface area contributed by atoms with Crippen LogP contribution < -0.4 is 11.2 Å². The number of aliphatic hydroxyl groups excluding tert-OH is 1. The first-order chi connectivity index (χ1) is 7.56. The molecule has 0 unspecified atom stereocenters. The lowest BCUT2D eigenvalue weighted by atomic mass is 10.3. The molecular formula is C9H11N3O4. The molecule has 7 heteroatoms. The highest BCUT2D eigenvalue weighted by atomic mass is 16.3. The smallest absolute Gasteiger partial charge is 0.326 e. The fourth-order valence-electron chi connectivity index (χ4n) is 1.68. The van der Waals surface area contributed by atoms with Crippen molar-refractivity contribution in [2.75, 3.05) is 13.1 Å². The van der Waals surface area contributed by atoms with Crippen LogP contribution in [0.5, 0.6) is 0 Å². The third-order valence-corrected chi connectivity index (χ3v) is 2.44. The number of hydrogen-bond acceptors (Lipinski definition) is 4. The van der Waals surface area contributed by atoms with Crippen LogP contribution in [-0.2, 0) is 0 Å². The van der Waals surface area contributed by atoms with Gasteiger partial charge in [0.15, 0.2) is 0 Å². The van der Waals surface area contributed by atoms with Gasteiger partial charge in [0.05, 0.1) is 6.10 Å². The number of nitrogens with one attached hydrogen (secondary N) is 2. The first-order valence-corrected chi connectivity index (χ1v) is 4.87. The molecule has 1 amide bonds. The van der Waals surface area contributed by atoms with Crippen LogP contribution in [0.1, 0.15) is 16.9 Å². The maximum Gasteiger partial charge on any atom is 0.326 e. The number of β-amino-alcohol motifs (C(OH)–C–C–N with tert-alkyl or cyclic N) is 1. The van der Waals surface area contributed by atoms with Crippen LogP contribution in [0.25, 0.3) is 0 Å². The summed E-state index contributed by atoms with van der Waals surface area (Å²) in [6.07, 6.45) is -0.0169. The standard InChI is InChI=1S/C9H11N3O4/c13-5-1-2-12(4-5)8(15)6-3-7(14)11-9(16)10-6/h3,5,13H,1-2,4H2,(H2,10,11,14,16)/t5-/m0/s1.